The van der Waals surface area contributed by atoms with Crippen LogP contribution in [0.2, 0.25) is 0 Å². The largest absolute Gasteiger partial charge is 0.309 e. The van der Waals surface area contributed by atoms with Crippen LogP contribution in [0.15, 0.2) is 224 Å². The Morgan fingerprint density at radius 1 is 0.311 bits per heavy atom. The van der Waals surface area contributed by atoms with Crippen molar-refractivity contribution in [1.29, 1.82) is 0 Å². The molecule has 0 radical (unpaired) electrons. The van der Waals surface area contributed by atoms with Crippen LogP contribution in [0, 0.1) is 0 Å². The summed E-state index contributed by atoms with van der Waals surface area (Å²) in [4.78, 5) is 10.9. The van der Waals surface area contributed by atoms with Gasteiger partial charge in [-0.15, -0.1) is 0 Å². The monoisotopic (exact) mass is 775 g/mol. The standard InChI is InChI=1S/C58H37N3/c1-3-16-38(17-4-1)44-22-11-12-25-47(44)53-37-54(51-28-15-27-50-48-26-13-14-29-55(48)61(57(50)51)43-20-5-2-6-21-43)60-58(59-53)41-32-30-40(31-33-41)56-46-24-10-8-19-42(46)36-52-45-23-9-7-18-39(45)34-35-49(52)56/h1-37H. The van der Waals surface area contributed by atoms with Gasteiger partial charge in [0.25, 0.3) is 0 Å². The van der Waals surface area contributed by atoms with Gasteiger partial charge in [-0.25, -0.2) is 9.97 Å². The lowest BCUT2D eigenvalue weighted by molar-refractivity contribution is 1.16. The summed E-state index contributed by atoms with van der Waals surface area (Å²) in [5, 5.41) is 9.86. The Labute approximate surface area is 353 Å². The molecule has 12 rings (SSSR count). The van der Waals surface area contributed by atoms with E-state index >= 15 is 0 Å². The maximum atomic E-state index is 5.47. The summed E-state index contributed by atoms with van der Waals surface area (Å²) in [6.45, 7) is 0. The van der Waals surface area contributed by atoms with E-state index in [0.29, 0.717) is 5.82 Å². The van der Waals surface area contributed by atoms with Gasteiger partial charge in [-0.3, -0.25) is 0 Å². The summed E-state index contributed by atoms with van der Waals surface area (Å²) in [5.41, 5.74) is 12.8. The molecule has 3 nitrogen and oxygen atoms in total. The highest BCUT2D eigenvalue weighted by Gasteiger charge is 2.20. The highest BCUT2D eigenvalue weighted by atomic mass is 15.0. The molecule has 10 aromatic carbocycles. The first-order chi connectivity index (χ1) is 30.3. The zero-order valence-corrected chi connectivity index (χ0v) is 33.2. The van der Waals surface area contributed by atoms with E-state index in [1.807, 2.05) is 0 Å². The Bertz CT molecular complexity index is 3620. The quantitative estimate of drug-likeness (QED) is 0.124. The van der Waals surface area contributed by atoms with Crippen LogP contribution in [0.3, 0.4) is 0 Å². The highest BCUT2D eigenvalue weighted by Crippen LogP contribution is 2.42. The molecule has 0 saturated carbocycles. The average molecular weight is 776 g/mol. The van der Waals surface area contributed by atoms with Gasteiger partial charge in [0, 0.05) is 33.2 Å². The Kier molecular flexibility index (Phi) is 8.17. The number of nitrogens with zero attached hydrogens (tertiary/aromatic N) is 3. The first-order valence-electron chi connectivity index (χ1n) is 20.8. The van der Waals surface area contributed by atoms with E-state index in [4.69, 9.17) is 9.97 Å². The summed E-state index contributed by atoms with van der Waals surface area (Å²) < 4.78 is 2.38. The van der Waals surface area contributed by atoms with Crippen LogP contribution in [0.4, 0.5) is 0 Å². The van der Waals surface area contributed by atoms with Gasteiger partial charge in [0.1, 0.15) is 0 Å². The average Bonchev–Trinajstić information content (AvgIpc) is 3.68. The minimum absolute atomic E-state index is 0.676. The third-order valence-corrected chi connectivity index (χ3v) is 12.2. The van der Waals surface area contributed by atoms with Crippen LogP contribution >= 0.6 is 0 Å². The molecular formula is C58H37N3. The summed E-state index contributed by atoms with van der Waals surface area (Å²) >= 11 is 0. The second-order valence-electron chi connectivity index (χ2n) is 15.7. The lowest BCUT2D eigenvalue weighted by atomic mass is 9.89. The predicted molar refractivity (Wildman–Crippen MR) is 256 cm³/mol. The van der Waals surface area contributed by atoms with Gasteiger partial charge in [-0.1, -0.05) is 194 Å². The predicted octanol–water partition coefficient (Wildman–Crippen LogP) is 15.4. The Morgan fingerprint density at radius 3 is 1.70 bits per heavy atom. The van der Waals surface area contributed by atoms with Crippen LogP contribution < -0.4 is 0 Å². The minimum atomic E-state index is 0.676. The summed E-state index contributed by atoms with van der Waals surface area (Å²) in [6.07, 6.45) is 0. The molecule has 61 heavy (non-hydrogen) atoms. The fourth-order valence-electron chi connectivity index (χ4n) is 9.42. The third kappa shape index (κ3) is 5.82. The molecule has 0 atom stereocenters. The van der Waals surface area contributed by atoms with Crippen molar-refractivity contribution in [2.24, 2.45) is 0 Å². The molecule has 284 valence electrons. The molecular weight excluding hydrogens is 739 g/mol. The second-order valence-corrected chi connectivity index (χ2v) is 15.7. The number of para-hydroxylation sites is 3. The number of aromatic nitrogens is 3. The molecule has 0 aliphatic carbocycles. The molecule has 0 unspecified atom stereocenters. The third-order valence-electron chi connectivity index (χ3n) is 12.2. The molecule has 0 N–H and O–H groups in total. The lowest BCUT2D eigenvalue weighted by Crippen LogP contribution is -1.99. The van der Waals surface area contributed by atoms with Gasteiger partial charge >= 0.3 is 0 Å². The molecule has 0 amide bonds. The maximum Gasteiger partial charge on any atom is 0.160 e. The smallest absolute Gasteiger partial charge is 0.160 e. The Hall–Kier alpha value is -8.14. The van der Waals surface area contributed by atoms with Gasteiger partial charge in [0.15, 0.2) is 5.82 Å². The van der Waals surface area contributed by atoms with Crippen molar-refractivity contribution in [3.8, 4) is 61.8 Å². The van der Waals surface area contributed by atoms with Gasteiger partial charge in [0.2, 0.25) is 0 Å². The van der Waals surface area contributed by atoms with E-state index in [0.717, 1.165) is 61.5 Å². The highest BCUT2D eigenvalue weighted by molar-refractivity contribution is 6.20. The minimum Gasteiger partial charge on any atom is -0.309 e. The van der Waals surface area contributed by atoms with Crippen LogP contribution in [0.1, 0.15) is 0 Å². The van der Waals surface area contributed by atoms with Crippen LogP contribution in [0.25, 0.3) is 116 Å². The van der Waals surface area contributed by atoms with Crippen molar-refractivity contribution in [2.45, 2.75) is 0 Å². The lowest BCUT2D eigenvalue weighted by Gasteiger charge is -2.16. The number of fused-ring (bicyclic) bond motifs is 7. The van der Waals surface area contributed by atoms with Gasteiger partial charge in [0.05, 0.1) is 22.4 Å². The van der Waals surface area contributed by atoms with Crippen LogP contribution in [-0.2, 0) is 0 Å². The zero-order chi connectivity index (χ0) is 40.3. The first-order valence-corrected chi connectivity index (χ1v) is 20.8. The van der Waals surface area contributed by atoms with Crippen LogP contribution in [-0.4, -0.2) is 14.5 Å². The Morgan fingerprint density at radius 2 is 0.902 bits per heavy atom. The van der Waals surface area contributed by atoms with Crippen molar-refractivity contribution < 1.29 is 0 Å². The van der Waals surface area contributed by atoms with E-state index in [1.165, 1.54) is 48.7 Å². The number of benzene rings is 10. The van der Waals surface area contributed by atoms with E-state index in [2.05, 4.69) is 229 Å². The molecule has 2 heterocycles. The molecule has 0 aliphatic heterocycles. The topological polar surface area (TPSA) is 30.7 Å². The number of rotatable bonds is 6. The molecule has 0 fully saturated rings. The van der Waals surface area contributed by atoms with Crippen molar-refractivity contribution >= 4 is 54.1 Å². The number of hydrogen-bond acceptors (Lipinski definition) is 2. The molecule has 0 bridgehead atoms. The molecule has 0 spiro atoms. The van der Waals surface area contributed by atoms with Crippen molar-refractivity contribution in [3.05, 3.63) is 224 Å². The van der Waals surface area contributed by atoms with E-state index < -0.39 is 0 Å². The molecule has 0 aliphatic rings. The van der Waals surface area contributed by atoms with Crippen molar-refractivity contribution in [3.63, 3.8) is 0 Å². The van der Waals surface area contributed by atoms with Gasteiger partial charge in [-0.05, 0) is 84.9 Å². The summed E-state index contributed by atoms with van der Waals surface area (Å²) in [5.74, 6) is 0.676. The summed E-state index contributed by atoms with van der Waals surface area (Å²) in [7, 11) is 0. The summed E-state index contributed by atoms with van der Waals surface area (Å²) in [6, 6.07) is 80.4. The fourth-order valence-corrected chi connectivity index (χ4v) is 9.42. The first kappa shape index (κ1) is 34.9. The molecule has 0 saturated heterocycles. The zero-order valence-electron chi connectivity index (χ0n) is 33.2. The molecule has 2 aromatic heterocycles. The Balaban J connectivity index is 1.09. The molecule has 3 heteroatoms. The van der Waals surface area contributed by atoms with E-state index in [-0.39, 0.29) is 0 Å². The SMILES string of the molecule is c1ccc(-c2ccccc2-c2cc(-c3cccc4c5ccccc5n(-c5ccccc5)c34)nc(-c3ccc(-c4c5ccccc5cc5c4ccc4ccccc45)cc3)n2)cc1. The van der Waals surface area contributed by atoms with E-state index in [1.54, 1.807) is 0 Å². The maximum absolute atomic E-state index is 5.47. The molecule has 12 aromatic rings. The van der Waals surface area contributed by atoms with Gasteiger partial charge in [-0.2, -0.15) is 0 Å². The van der Waals surface area contributed by atoms with E-state index in [9.17, 15) is 0 Å². The van der Waals surface area contributed by atoms with Crippen molar-refractivity contribution in [2.75, 3.05) is 0 Å². The van der Waals surface area contributed by atoms with Crippen molar-refractivity contribution in [1.82, 2.24) is 14.5 Å². The number of hydrogen-bond donors (Lipinski definition) is 0. The second kappa shape index (κ2) is 14.3. The fraction of sp³-hybridized carbons (Fsp3) is 0. The van der Waals surface area contributed by atoms with Gasteiger partial charge < -0.3 is 4.57 Å². The normalized spacial score (nSPS) is 11.6. The van der Waals surface area contributed by atoms with Crippen LogP contribution in [0.5, 0.6) is 0 Å².